The summed E-state index contributed by atoms with van der Waals surface area (Å²) in [5.41, 5.74) is 3.32. The van der Waals surface area contributed by atoms with Gasteiger partial charge < -0.3 is 20.7 Å². The van der Waals surface area contributed by atoms with E-state index in [-0.39, 0.29) is 24.4 Å². The maximum atomic E-state index is 12.3. The lowest BCUT2D eigenvalue weighted by Gasteiger charge is -2.12. The summed E-state index contributed by atoms with van der Waals surface area (Å²) >= 11 is 0. The van der Waals surface area contributed by atoms with Crippen molar-refractivity contribution in [1.29, 1.82) is 0 Å². The predicted octanol–water partition coefficient (Wildman–Crippen LogP) is 5.28. The minimum atomic E-state index is -0.175. The monoisotopic (exact) mass is 459 g/mol. The SMILES string of the molecule is CCC(C)NC(=O)c1ccc(NC(=O)CNc2cccc(OCCCc3ccccc3)c2)cc1. The summed E-state index contributed by atoms with van der Waals surface area (Å²) in [5, 5.41) is 8.89. The van der Waals surface area contributed by atoms with Crippen LogP contribution in [0.25, 0.3) is 0 Å². The van der Waals surface area contributed by atoms with Gasteiger partial charge in [0, 0.05) is 29.0 Å². The number of ether oxygens (including phenoxy) is 1. The molecule has 1 unspecified atom stereocenters. The van der Waals surface area contributed by atoms with Crippen LogP contribution in [0.5, 0.6) is 5.75 Å². The summed E-state index contributed by atoms with van der Waals surface area (Å²) in [6.07, 6.45) is 2.78. The minimum Gasteiger partial charge on any atom is -0.494 e. The van der Waals surface area contributed by atoms with Gasteiger partial charge in [0.25, 0.3) is 5.91 Å². The zero-order valence-electron chi connectivity index (χ0n) is 19.8. The molecule has 0 spiro atoms. The van der Waals surface area contributed by atoms with Crippen LogP contribution in [0.4, 0.5) is 11.4 Å². The molecule has 0 aromatic heterocycles. The van der Waals surface area contributed by atoms with Gasteiger partial charge in [-0.1, -0.05) is 43.3 Å². The molecule has 34 heavy (non-hydrogen) atoms. The van der Waals surface area contributed by atoms with E-state index in [0.717, 1.165) is 30.7 Å². The Morgan fingerprint density at radius 3 is 2.41 bits per heavy atom. The summed E-state index contributed by atoms with van der Waals surface area (Å²) in [5.74, 6) is 0.478. The van der Waals surface area contributed by atoms with E-state index in [9.17, 15) is 9.59 Å². The predicted molar refractivity (Wildman–Crippen MR) is 137 cm³/mol. The molecule has 6 heteroatoms. The first-order valence-electron chi connectivity index (χ1n) is 11.7. The van der Waals surface area contributed by atoms with E-state index in [1.165, 1.54) is 5.56 Å². The number of rotatable bonds is 12. The number of amides is 2. The van der Waals surface area contributed by atoms with Crippen LogP contribution in [-0.4, -0.2) is 31.0 Å². The van der Waals surface area contributed by atoms with Gasteiger partial charge in [-0.3, -0.25) is 9.59 Å². The zero-order chi connectivity index (χ0) is 24.2. The molecular formula is C28H33N3O3. The smallest absolute Gasteiger partial charge is 0.251 e. The lowest BCUT2D eigenvalue weighted by atomic mass is 10.1. The fourth-order valence-electron chi connectivity index (χ4n) is 3.31. The Balaban J connectivity index is 1.41. The molecule has 0 fully saturated rings. The first-order valence-corrected chi connectivity index (χ1v) is 11.7. The van der Waals surface area contributed by atoms with Gasteiger partial charge >= 0.3 is 0 Å². The Morgan fingerprint density at radius 1 is 0.912 bits per heavy atom. The highest BCUT2D eigenvalue weighted by molar-refractivity contribution is 5.96. The van der Waals surface area contributed by atoms with Gasteiger partial charge in [-0.15, -0.1) is 0 Å². The van der Waals surface area contributed by atoms with E-state index in [1.54, 1.807) is 24.3 Å². The third kappa shape index (κ3) is 8.28. The maximum Gasteiger partial charge on any atom is 0.251 e. The van der Waals surface area contributed by atoms with Crippen molar-refractivity contribution in [2.45, 2.75) is 39.2 Å². The average molecular weight is 460 g/mol. The Kier molecular flexibility index (Phi) is 9.52. The normalized spacial score (nSPS) is 11.4. The van der Waals surface area contributed by atoms with E-state index in [0.29, 0.717) is 17.9 Å². The topological polar surface area (TPSA) is 79.5 Å². The van der Waals surface area contributed by atoms with E-state index >= 15 is 0 Å². The molecule has 0 aliphatic carbocycles. The van der Waals surface area contributed by atoms with Crippen molar-refractivity contribution in [3.05, 3.63) is 90.0 Å². The lowest BCUT2D eigenvalue weighted by molar-refractivity contribution is -0.114. The maximum absolute atomic E-state index is 12.3. The van der Waals surface area contributed by atoms with Crippen LogP contribution in [0.3, 0.4) is 0 Å². The highest BCUT2D eigenvalue weighted by Gasteiger charge is 2.09. The minimum absolute atomic E-state index is 0.115. The Morgan fingerprint density at radius 2 is 1.68 bits per heavy atom. The fraction of sp³-hybridized carbons (Fsp3) is 0.286. The van der Waals surface area contributed by atoms with Gasteiger partial charge in [0.1, 0.15) is 5.75 Å². The first kappa shape index (κ1) is 24.8. The summed E-state index contributed by atoms with van der Waals surface area (Å²) in [6.45, 7) is 4.74. The molecular weight excluding hydrogens is 426 g/mol. The van der Waals surface area contributed by atoms with Crippen LogP contribution in [0.2, 0.25) is 0 Å². The number of aryl methyl sites for hydroxylation is 1. The summed E-state index contributed by atoms with van der Waals surface area (Å²) < 4.78 is 5.86. The van der Waals surface area contributed by atoms with Gasteiger partial charge in [-0.25, -0.2) is 0 Å². The Bertz CT molecular complexity index is 1050. The molecule has 3 N–H and O–H groups in total. The molecule has 6 nitrogen and oxygen atoms in total. The lowest BCUT2D eigenvalue weighted by Crippen LogP contribution is -2.31. The summed E-state index contributed by atoms with van der Waals surface area (Å²) in [4.78, 5) is 24.5. The van der Waals surface area contributed by atoms with E-state index in [1.807, 2.05) is 56.3 Å². The largest absolute Gasteiger partial charge is 0.494 e. The second-order valence-electron chi connectivity index (χ2n) is 8.23. The molecule has 0 bridgehead atoms. The van der Waals surface area contributed by atoms with Crippen molar-refractivity contribution in [3.8, 4) is 5.75 Å². The van der Waals surface area contributed by atoms with Crippen molar-refractivity contribution in [3.63, 3.8) is 0 Å². The molecule has 0 aliphatic rings. The zero-order valence-corrected chi connectivity index (χ0v) is 19.8. The van der Waals surface area contributed by atoms with Gasteiger partial charge in [-0.2, -0.15) is 0 Å². The number of hydrogen-bond donors (Lipinski definition) is 3. The summed E-state index contributed by atoms with van der Waals surface area (Å²) in [6, 6.07) is 24.9. The fourth-order valence-corrected chi connectivity index (χ4v) is 3.31. The second kappa shape index (κ2) is 13.0. The standard InChI is InChI=1S/C28H33N3O3/c1-3-21(2)30-28(33)23-14-16-24(17-15-23)31-27(32)20-29-25-12-7-13-26(19-25)34-18-8-11-22-9-5-4-6-10-22/h4-7,9-10,12-17,19,21,29H,3,8,11,18,20H2,1-2H3,(H,30,33)(H,31,32). The average Bonchev–Trinajstić information content (AvgIpc) is 2.86. The van der Waals surface area contributed by atoms with Gasteiger partial charge in [-0.05, 0) is 68.1 Å². The molecule has 0 radical (unpaired) electrons. The quantitative estimate of drug-likeness (QED) is 0.322. The van der Waals surface area contributed by atoms with Crippen molar-refractivity contribution in [2.75, 3.05) is 23.8 Å². The third-order valence-electron chi connectivity index (χ3n) is 5.43. The van der Waals surface area contributed by atoms with Crippen molar-refractivity contribution in [2.24, 2.45) is 0 Å². The second-order valence-corrected chi connectivity index (χ2v) is 8.23. The molecule has 178 valence electrons. The highest BCUT2D eigenvalue weighted by Crippen LogP contribution is 2.18. The first-order chi connectivity index (χ1) is 16.5. The van der Waals surface area contributed by atoms with Crippen LogP contribution in [0.15, 0.2) is 78.9 Å². The number of benzene rings is 3. The molecule has 1 atom stereocenters. The third-order valence-corrected chi connectivity index (χ3v) is 5.43. The molecule has 0 heterocycles. The summed E-state index contributed by atoms with van der Waals surface area (Å²) in [7, 11) is 0. The van der Waals surface area contributed by atoms with Gasteiger partial charge in [0.15, 0.2) is 0 Å². The highest BCUT2D eigenvalue weighted by atomic mass is 16.5. The number of hydrogen-bond acceptors (Lipinski definition) is 4. The number of nitrogens with one attached hydrogen (secondary N) is 3. The number of carbonyl (C=O) groups is 2. The Hall–Kier alpha value is -3.80. The number of carbonyl (C=O) groups excluding carboxylic acids is 2. The van der Waals surface area contributed by atoms with Crippen LogP contribution in [-0.2, 0) is 11.2 Å². The van der Waals surface area contributed by atoms with Crippen LogP contribution in [0, 0.1) is 0 Å². The molecule has 2 amide bonds. The van der Waals surface area contributed by atoms with Crippen LogP contribution >= 0.6 is 0 Å². The van der Waals surface area contributed by atoms with E-state index in [4.69, 9.17) is 4.74 Å². The van der Waals surface area contributed by atoms with Crippen molar-refractivity contribution < 1.29 is 14.3 Å². The molecule has 0 saturated carbocycles. The van der Waals surface area contributed by atoms with Crippen molar-refractivity contribution in [1.82, 2.24) is 5.32 Å². The number of anilines is 2. The Labute approximate surface area is 201 Å². The molecule has 0 aliphatic heterocycles. The molecule has 3 rings (SSSR count). The van der Waals surface area contributed by atoms with Gasteiger partial charge in [0.2, 0.25) is 5.91 Å². The van der Waals surface area contributed by atoms with Crippen LogP contribution < -0.4 is 20.7 Å². The molecule has 3 aromatic carbocycles. The molecule has 0 saturated heterocycles. The van der Waals surface area contributed by atoms with Gasteiger partial charge in [0.05, 0.1) is 13.2 Å². The van der Waals surface area contributed by atoms with Crippen LogP contribution in [0.1, 0.15) is 42.6 Å². The molecule has 3 aromatic rings. The van der Waals surface area contributed by atoms with E-state index in [2.05, 4.69) is 28.1 Å². The van der Waals surface area contributed by atoms with E-state index < -0.39 is 0 Å². The van der Waals surface area contributed by atoms with Crippen molar-refractivity contribution >= 4 is 23.2 Å².